The fraction of sp³-hybridized carbons (Fsp3) is 0.320. The predicted molar refractivity (Wildman–Crippen MR) is 131 cm³/mol. The molecule has 33 heavy (non-hydrogen) atoms. The first-order valence-corrected chi connectivity index (χ1v) is 11.8. The van der Waals surface area contributed by atoms with Gasteiger partial charge in [0.25, 0.3) is 0 Å². The zero-order valence-electron chi connectivity index (χ0n) is 19.5. The lowest BCUT2D eigenvalue weighted by Gasteiger charge is -2.14. The van der Waals surface area contributed by atoms with Crippen molar-refractivity contribution >= 4 is 22.7 Å². The standard InChI is InChI=1S/C25H28N4O3S/c1-14(2)19-8-6-15(3)10-21(19)31-12-22-27-28-25(29(22)26)33-13-18-11-23(30)32-24-17(5)16(4)7-9-20(18)24/h6-11,14H,12-13,26H2,1-5H3. The molecule has 0 bridgehead atoms. The van der Waals surface area contributed by atoms with E-state index in [1.165, 1.54) is 22.5 Å². The van der Waals surface area contributed by atoms with Crippen molar-refractivity contribution < 1.29 is 9.15 Å². The molecule has 0 aliphatic carbocycles. The Morgan fingerprint density at radius 3 is 2.67 bits per heavy atom. The van der Waals surface area contributed by atoms with Crippen LogP contribution >= 0.6 is 11.8 Å². The van der Waals surface area contributed by atoms with E-state index >= 15 is 0 Å². The van der Waals surface area contributed by atoms with E-state index in [2.05, 4.69) is 36.2 Å². The first-order chi connectivity index (χ1) is 15.7. The van der Waals surface area contributed by atoms with Crippen molar-refractivity contribution in [2.75, 3.05) is 5.84 Å². The minimum Gasteiger partial charge on any atom is -0.485 e. The molecule has 2 heterocycles. The second-order valence-electron chi connectivity index (χ2n) is 8.52. The number of nitrogens with zero attached hydrogens (tertiary/aromatic N) is 3. The van der Waals surface area contributed by atoms with Gasteiger partial charge in [-0.05, 0) is 60.6 Å². The van der Waals surface area contributed by atoms with E-state index in [0.717, 1.165) is 39.0 Å². The predicted octanol–water partition coefficient (Wildman–Crippen LogP) is 5.02. The average molecular weight is 465 g/mol. The van der Waals surface area contributed by atoms with Crippen LogP contribution in [0, 0.1) is 20.8 Å². The molecule has 0 saturated carbocycles. The van der Waals surface area contributed by atoms with Gasteiger partial charge in [-0.25, -0.2) is 9.47 Å². The van der Waals surface area contributed by atoms with Gasteiger partial charge in [0.1, 0.15) is 17.9 Å². The maximum Gasteiger partial charge on any atom is 0.336 e. The Balaban J connectivity index is 1.52. The normalized spacial score (nSPS) is 11.5. The molecule has 4 aromatic rings. The van der Waals surface area contributed by atoms with E-state index < -0.39 is 0 Å². The fourth-order valence-corrected chi connectivity index (χ4v) is 4.54. The summed E-state index contributed by atoms with van der Waals surface area (Å²) < 4.78 is 13.0. The lowest BCUT2D eigenvalue weighted by molar-refractivity contribution is 0.287. The van der Waals surface area contributed by atoms with Crippen molar-refractivity contribution in [2.45, 2.75) is 58.1 Å². The highest BCUT2D eigenvalue weighted by atomic mass is 32.2. The molecule has 0 saturated heterocycles. The number of nitrogen functional groups attached to an aromatic ring is 1. The summed E-state index contributed by atoms with van der Waals surface area (Å²) in [4.78, 5) is 12.1. The Bertz CT molecular complexity index is 1370. The van der Waals surface area contributed by atoms with Gasteiger partial charge in [0, 0.05) is 17.2 Å². The number of hydrogen-bond donors (Lipinski definition) is 1. The third-order valence-corrected chi connectivity index (χ3v) is 6.75. The molecule has 2 N–H and O–H groups in total. The molecule has 0 aliphatic heterocycles. The molecule has 0 spiro atoms. The summed E-state index contributed by atoms with van der Waals surface area (Å²) >= 11 is 1.41. The van der Waals surface area contributed by atoms with Gasteiger partial charge in [0.2, 0.25) is 5.16 Å². The van der Waals surface area contributed by atoms with Gasteiger partial charge in [-0.15, -0.1) is 10.2 Å². The van der Waals surface area contributed by atoms with Gasteiger partial charge in [-0.2, -0.15) is 0 Å². The minimum atomic E-state index is -0.366. The van der Waals surface area contributed by atoms with Crippen molar-refractivity contribution in [1.29, 1.82) is 0 Å². The molecule has 0 fully saturated rings. The molecule has 8 heteroatoms. The van der Waals surface area contributed by atoms with Gasteiger partial charge >= 0.3 is 5.63 Å². The highest BCUT2D eigenvalue weighted by molar-refractivity contribution is 7.98. The first kappa shape index (κ1) is 22.9. The second-order valence-corrected chi connectivity index (χ2v) is 9.46. The lowest BCUT2D eigenvalue weighted by Crippen LogP contribution is -2.16. The number of aryl methyl sites for hydroxylation is 3. The largest absolute Gasteiger partial charge is 0.485 e. The SMILES string of the molecule is Cc1ccc(C(C)C)c(OCc2nnc(SCc3cc(=O)oc4c(C)c(C)ccc34)n2N)c1. The van der Waals surface area contributed by atoms with E-state index in [9.17, 15) is 4.79 Å². The summed E-state index contributed by atoms with van der Waals surface area (Å²) in [7, 11) is 0. The molecule has 0 amide bonds. The monoisotopic (exact) mass is 464 g/mol. The molecule has 7 nitrogen and oxygen atoms in total. The molecule has 2 aromatic heterocycles. The topological polar surface area (TPSA) is 96.2 Å². The zero-order chi connectivity index (χ0) is 23.7. The van der Waals surface area contributed by atoms with Crippen LogP contribution in [0.4, 0.5) is 0 Å². The molecule has 2 aromatic carbocycles. The van der Waals surface area contributed by atoms with Crippen LogP contribution in [0.5, 0.6) is 5.75 Å². The summed E-state index contributed by atoms with van der Waals surface area (Å²) in [5, 5.41) is 9.89. The third kappa shape index (κ3) is 4.75. The fourth-order valence-electron chi connectivity index (χ4n) is 3.68. The molecular formula is C25H28N4O3S. The molecule has 0 atom stereocenters. The van der Waals surface area contributed by atoms with Crippen LogP contribution < -0.4 is 16.2 Å². The van der Waals surface area contributed by atoms with E-state index in [0.29, 0.717) is 28.2 Å². The van der Waals surface area contributed by atoms with Crippen molar-refractivity contribution in [2.24, 2.45) is 0 Å². The van der Waals surface area contributed by atoms with Crippen molar-refractivity contribution in [3.63, 3.8) is 0 Å². The second kappa shape index (κ2) is 9.31. The highest BCUT2D eigenvalue weighted by Crippen LogP contribution is 2.30. The van der Waals surface area contributed by atoms with Crippen molar-refractivity contribution in [3.8, 4) is 5.75 Å². The molecule has 172 valence electrons. The number of fused-ring (bicyclic) bond motifs is 1. The van der Waals surface area contributed by atoms with Crippen LogP contribution in [-0.2, 0) is 12.4 Å². The van der Waals surface area contributed by atoms with E-state index in [1.54, 1.807) is 0 Å². The van der Waals surface area contributed by atoms with Crippen LogP contribution in [0.25, 0.3) is 11.0 Å². The van der Waals surface area contributed by atoms with Crippen LogP contribution in [-0.4, -0.2) is 14.9 Å². The molecule has 4 rings (SSSR count). The number of benzene rings is 2. The van der Waals surface area contributed by atoms with Crippen LogP contribution in [0.1, 0.15) is 53.4 Å². The first-order valence-electron chi connectivity index (χ1n) is 10.8. The summed E-state index contributed by atoms with van der Waals surface area (Å²) in [6, 6.07) is 11.7. The Hall–Kier alpha value is -3.26. The highest BCUT2D eigenvalue weighted by Gasteiger charge is 2.15. The smallest absolute Gasteiger partial charge is 0.336 e. The van der Waals surface area contributed by atoms with Gasteiger partial charge in [0.05, 0.1) is 0 Å². The Morgan fingerprint density at radius 1 is 1.12 bits per heavy atom. The lowest BCUT2D eigenvalue weighted by atomic mass is 10.0. The third-order valence-electron chi connectivity index (χ3n) is 5.76. The maximum atomic E-state index is 12.1. The number of thioether (sulfide) groups is 1. The zero-order valence-corrected chi connectivity index (χ0v) is 20.3. The molecule has 0 aliphatic rings. The van der Waals surface area contributed by atoms with Gasteiger partial charge < -0.3 is 15.0 Å². The summed E-state index contributed by atoms with van der Waals surface area (Å²) in [5.74, 6) is 8.46. The van der Waals surface area contributed by atoms with Crippen molar-refractivity contribution in [1.82, 2.24) is 14.9 Å². The van der Waals surface area contributed by atoms with E-state index in [-0.39, 0.29) is 12.2 Å². The Labute approximate surface area is 196 Å². The molecule has 0 unspecified atom stereocenters. The Morgan fingerprint density at radius 2 is 1.91 bits per heavy atom. The number of rotatable bonds is 7. The van der Waals surface area contributed by atoms with E-state index in [4.69, 9.17) is 15.0 Å². The van der Waals surface area contributed by atoms with Gasteiger partial charge in [-0.3, -0.25) is 0 Å². The maximum absolute atomic E-state index is 12.1. The summed E-state index contributed by atoms with van der Waals surface area (Å²) in [6.45, 7) is 10.5. The number of hydrogen-bond acceptors (Lipinski definition) is 7. The Kier molecular flexibility index (Phi) is 6.47. The number of ether oxygens (including phenoxy) is 1. The quantitative estimate of drug-likeness (QED) is 0.233. The van der Waals surface area contributed by atoms with Crippen LogP contribution in [0.3, 0.4) is 0 Å². The summed E-state index contributed by atoms with van der Waals surface area (Å²) in [5.41, 5.74) is 5.44. The van der Waals surface area contributed by atoms with E-state index in [1.807, 2.05) is 39.0 Å². The van der Waals surface area contributed by atoms with Crippen LogP contribution in [0.15, 0.2) is 50.8 Å². The average Bonchev–Trinajstić information content (AvgIpc) is 3.12. The minimum absolute atomic E-state index is 0.212. The molecule has 0 radical (unpaired) electrons. The van der Waals surface area contributed by atoms with Crippen molar-refractivity contribution in [3.05, 3.63) is 80.5 Å². The number of aromatic nitrogens is 3. The van der Waals surface area contributed by atoms with Gasteiger partial charge in [-0.1, -0.05) is 49.9 Å². The molecular weight excluding hydrogens is 436 g/mol. The summed E-state index contributed by atoms with van der Waals surface area (Å²) in [6.07, 6.45) is 0. The number of nitrogens with two attached hydrogens (primary N) is 1. The van der Waals surface area contributed by atoms with Gasteiger partial charge in [0.15, 0.2) is 5.82 Å². The van der Waals surface area contributed by atoms with Crippen LogP contribution in [0.2, 0.25) is 0 Å².